The average Bonchev–Trinajstić information content (AvgIpc) is 3.16. The van der Waals surface area contributed by atoms with E-state index in [-0.39, 0.29) is 17.9 Å². The van der Waals surface area contributed by atoms with Gasteiger partial charge in [-0.05, 0) is 43.9 Å². The van der Waals surface area contributed by atoms with Crippen molar-refractivity contribution < 1.29 is 4.79 Å². The maximum Gasteiger partial charge on any atom is 0.263 e. The molecule has 2 aromatic heterocycles. The Morgan fingerprint density at radius 3 is 2.42 bits per heavy atom. The fourth-order valence-corrected chi connectivity index (χ4v) is 4.63. The molecule has 1 amide bonds. The van der Waals surface area contributed by atoms with Crippen molar-refractivity contribution >= 4 is 27.5 Å². The van der Waals surface area contributed by atoms with Crippen LogP contribution in [-0.2, 0) is 11.3 Å². The molecule has 0 aliphatic heterocycles. The van der Waals surface area contributed by atoms with Crippen LogP contribution in [0, 0.1) is 20.8 Å². The Bertz CT molecular complexity index is 1330. The van der Waals surface area contributed by atoms with Crippen molar-refractivity contribution in [2.75, 3.05) is 0 Å². The Labute approximate surface area is 185 Å². The molecule has 31 heavy (non-hydrogen) atoms. The Morgan fingerprint density at radius 2 is 1.74 bits per heavy atom. The molecule has 4 rings (SSSR count). The summed E-state index contributed by atoms with van der Waals surface area (Å²) in [6.45, 7) is 6.56. The summed E-state index contributed by atoms with van der Waals surface area (Å²) in [5.41, 5.74) is 11.6. The molecule has 4 aromatic rings. The average molecular weight is 432 g/mol. The molecule has 5 nitrogen and oxygen atoms in total. The maximum absolute atomic E-state index is 13.7. The van der Waals surface area contributed by atoms with Crippen LogP contribution in [0.5, 0.6) is 0 Å². The predicted molar refractivity (Wildman–Crippen MR) is 127 cm³/mol. The number of aryl methyl sites for hydroxylation is 3. The van der Waals surface area contributed by atoms with Crippen LogP contribution in [0.1, 0.15) is 29.5 Å². The molecular formula is C25H25N3O2S. The van der Waals surface area contributed by atoms with Crippen molar-refractivity contribution in [3.8, 4) is 22.5 Å². The van der Waals surface area contributed by atoms with E-state index in [4.69, 9.17) is 10.7 Å². The molecule has 0 atom stereocenters. The zero-order chi connectivity index (χ0) is 22.1. The molecule has 0 radical (unpaired) electrons. The normalized spacial score (nSPS) is 11.2. The fourth-order valence-electron chi connectivity index (χ4n) is 3.69. The van der Waals surface area contributed by atoms with Crippen LogP contribution in [0.25, 0.3) is 32.7 Å². The molecule has 2 heterocycles. The summed E-state index contributed by atoms with van der Waals surface area (Å²) >= 11 is 1.48. The number of amides is 1. The topological polar surface area (TPSA) is 78.0 Å². The summed E-state index contributed by atoms with van der Waals surface area (Å²) in [4.78, 5) is 30.6. The molecule has 0 fully saturated rings. The third-order valence-electron chi connectivity index (χ3n) is 5.63. The van der Waals surface area contributed by atoms with Gasteiger partial charge in [0.15, 0.2) is 0 Å². The van der Waals surface area contributed by atoms with Gasteiger partial charge in [0.2, 0.25) is 5.91 Å². The van der Waals surface area contributed by atoms with E-state index >= 15 is 0 Å². The highest BCUT2D eigenvalue weighted by Gasteiger charge is 2.18. The van der Waals surface area contributed by atoms with Crippen molar-refractivity contribution in [1.82, 2.24) is 9.55 Å². The van der Waals surface area contributed by atoms with Crippen LogP contribution < -0.4 is 11.3 Å². The fraction of sp³-hybridized carbons (Fsp3) is 0.240. The van der Waals surface area contributed by atoms with Crippen LogP contribution in [0.4, 0.5) is 0 Å². The number of thiophene rings is 1. The number of hydrogen-bond acceptors (Lipinski definition) is 4. The van der Waals surface area contributed by atoms with Gasteiger partial charge in [-0.3, -0.25) is 14.2 Å². The lowest BCUT2D eigenvalue weighted by Crippen LogP contribution is -2.24. The number of carbonyl (C=O) groups excluding carboxylic acids is 1. The van der Waals surface area contributed by atoms with Gasteiger partial charge in [-0.2, -0.15) is 0 Å². The quantitative estimate of drug-likeness (QED) is 0.467. The number of nitrogens with zero attached hydrogens (tertiary/aromatic N) is 2. The monoisotopic (exact) mass is 431 g/mol. The van der Waals surface area contributed by atoms with E-state index in [0.717, 1.165) is 27.1 Å². The first kappa shape index (κ1) is 21.0. The first-order valence-electron chi connectivity index (χ1n) is 10.3. The molecule has 0 unspecified atom stereocenters. The Balaban J connectivity index is 1.91. The van der Waals surface area contributed by atoms with E-state index in [2.05, 4.69) is 32.0 Å². The van der Waals surface area contributed by atoms with Crippen LogP contribution in [0.15, 0.2) is 52.6 Å². The van der Waals surface area contributed by atoms with Crippen LogP contribution in [0.3, 0.4) is 0 Å². The minimum atomic E-state index is -0.370. The lowest BCUT2D eigenvalue weighted by atomic mass is 10.0. The van der Waals surface area contributed by atoms with E-state index in [1.807, 2.05) is 36.6 Å². The predicted octanol–water partition coefficient (Wildman–Crippen LogP) is 4.98. The Kier molecular flexibility index (Phi) is 5.74. The van der Waals surface area contributed by atoms with E-state index in [1.54, 1.807) is 4.57 Å². The van der Waals surface area contributed by atoms with Crippen LogP contribution in [0.2, 0.25) is 0 Å². The Hall–Kier alpha value is -3.25. The van der Waals surface area contributed by atoms with Gasteiger partial charge in [-0.15, -0.1) is 11.3 Å². The SMILES string of the molecule is Cc1ccc(-c2nc3scc(-c4ccc(C)c(C)c4)c3c(=O)n2CCCC(N)=O)cc1. The number of fused-ring (bicyclic) bond motifs is 1. The van der Waals surface area contributed by atoms with Crippen molar-refractivity contribution in [3.63, 3.8) is 0 Å². The first-order valence-corrected chi connectivity index (χ1v) is 11.2. The number of nitrogens with two attached hydrogens (primary N) is 1. The molecule has 0 saturated carbocycles. The van der Waals surface area contributed by atoms with E-state index in [1.165, 1.54) is 22.5 Å². The summed E-state index contributed by atoms with van der Waals surface area (Å²) in [7, 11) is 0. The van der Waals surface area contributed by atoms with Gasteiger partial charge in [0, 0.05) is 29.5 Å². The summed E-state index contributed by atoms with van der Waals surface area (Å²) in [5.74, 6) is 0.251. The van der Waals surface area contributed by atoms with Gasteiger partial charge >= 0.3 is 0 Å². The van der Waals surface area contributed by atoms with Gasteiger partial charge in [0.25, 0.3) is 5.56 Å². The second-order valence-electron chi connectivity index (χ2n) is 7.96. The molecule has 158 valence electrons. The molecule has 2 N–H and O–H groups in total. The molecule has 2 aromatic carbocycles. The van der Waals surface area contributed by atoms with Gasteiger partial charge in [-0.25, -0.2) is 4.98 Å². The Morgan fingerprint density at radius 1 is 1.03 bits per heavy atom. The molecule has 0 spiro atoms. The van der Waals surface area contributed by atoms with E-state index in [9.17, 15) is 9.59 Å². The number of benzene rings is 2. The largest absolute Gasteiger partial charge is 0.370 e. The number of hydrogen-bond donors (Lipinski definition) is 1. The van der Waals surface area contributed by atoms with Gasteiger partial charge in [0.05, 0.1) is 5.39 Å². The standard InChI is InChI=1S/C25H25N3O2S/c1-15-6-9-18(10-7-15)23-27-24-22(25(30)28(23)12-4-5-21(26)29)20(14-31-24)19-11-8-16(2)17(3)13-19/h6-11,13-14H,4-5,12H2,1-3H3,(H2,26,29). The highest BCUT2D eigenvalue weighted by molar-refractivity contribution is 7.17. The maximum atomic E-state index is 13.7. The van der Waals surface area contributed by atoms with Crippen LogP contribution in [-0.4, -0.2) is 15.5 Å². The third kappa shape index (κ3) is 4.16. The summed E-state index contributed by atoms with van der Waals surface area (Å²) in [6.07, 6.45) is 0.718. The van der Waals surface area contributed by atoms with Crippen molar-refractivity contribution in [1.29, 1.82) is 0 Å². The van der Waals surface area contributed by atoms with E-state index < -0.39 is 0 Å². The zero-order valence-electron chi connectivity index (χ0n) is 17.9. The minimum Gasteiger partial charge on any atom is -0.370 e. The highest BCUT2D eigenvalue weighted by atomic mass is 32.1. The minimum absolute atomic E-state index is 0.0838. The van der Waals surface area contributed by atoms with Gasteiger partial charge in [-0.1, -0.05) is 48.0 Å². The zero-order valence-corrected chi connectivity index (χ0v) is 18.8. The second kappa shape index (κ2) is 8.47. The molecule has 0 saturated heterocycles. The number of rotatable bonds is 6. The lowest BCUT2D eigenvalue weighted by Gasteiger charge is -2.13. The molecule has 0 aliphatic rings. The number of carbonyl (C=O) groups is 1. The van der Waals surface area contributed by atoms with Gasteiger partial charge in [0.1, 0.15) is 10.7 Å². The first-order chi connectivity index (χ1) is 14.8. The molecule has 0 bridgehead atoms. The summed E-state index contributed by atoms with van der Waals surface area (Å²) in [6, 6.07) is 14.2. The number of primary amides is 1. The van der Waals surface area contributed by atoms with Crippen LogP contribution >= 0.6 is 11.3 Å². The summed E-state index contributed by atoms with van der Waals surface area (Å²) < 4.78 is 1.69. The van der Waals surface area contributed by atoms with Crippen molar-refractivity contribution in [3.05, 3.63) is 74.9 Å². The molecular weight excluding hydrogens is 406 g/mol. The summed E-state index contributed by atoms with van der Waals surface area (Å²) in [5, 5.41) is 2.64. The molecule has 0 aliphatic carbocycles. The third-order valence-corrected chi connectivity index (χ3v) is 6.50. The molecule has 6 heteroatoms. The lowest BCUT2D eigenvalue weighted by molar-refractivity contribution is -0.118. The van der Waals surface area contributed by atoms with Crippen molar-refractivity contribution in [2.45, 2.75) is 40.2 Å². The second-order valence-corrected chi connectivity index (χ2v) is 8.81. The van der Waals surface area contributed by atoms with Gasteiger partial charge < -0.3 is 5.73 Å². The van der Waals surface area contributed by atoms with Crippen molar-refractivity contribution in [2.24, 2.45) is 5.73 Å². The highest BCUT2D eigenvalue weighted by Crippen LogP contribution is 2.33. The number of aromatic nitrogens is 2. The smallest absolute Gasteiger partial charge is 0.263 e. The van der Waals surface area contributed by atoms with E-state index in [0.29, 0.717) is 24.2 Å².